The van der Waals surface area contributed by atoms with E-state index in [-0.39, 0.29) is 6.09 Å². The van der Waals surface area contributed by atoms with Crippen molar-refractivity contribution in [2.45, 2.75) is 38.7 Å². The van der Waals surface area contributed by atoms with Crippen LogP contribution in [-0.2, 0) is 4.74 Å². The summed E-state index contributed by atoms with van der Waals surface area (Å²) < 4.78 is 10.7. The van der Waals surface area contributed by atoms with Gasteiger partial charge < -0.3 is 19.7 Å². The van der Waals surface area contributed by atoms with Crippen LogP contribution in [0, 0.1) is 5.92 Å². The Morgan fingerprint density at radius 2 is 2.00 bits per heavy atom. The van der Waals surface area contributed by atoms with Crippen molar-refractivity contribution in [2.24, 2.45) is 5.92 Å². The van der Waals surface area contributed by atoms with E-state index < -0.39 is 5.60 Å². The molecule has 1 heterocycles. The van der Waals surface area contributed by atoms with E-state index in [1.807, 2.05) is 44.9 Å². The van der Waals surface area contributed by atoms with Crippen LogP contribution >= 0.6 is 0 Å². The molecule has 0 saturated carbocycles. The third-order valence-electron chi connectivity index (χ3n) is 4.41. The summed E-state index contributed by atoms with van der Waals surface area (Å²) in [6.45, 7) is 8.10. The Labute approximate surface area is 145 Å². The highest BCUT2D eigenvalue weighted by atomic mass is 16.6. The van der Waals surface area contributed by atoms with E-state index in [2.05, 4.69) is 17.4 Å². The molecule has 1 aliphatic heterocycles. The van der Waals surface area contributed by atoms with Crippen LogP contribution in [0.4, 0.5) is 4.79 Å². The average Bonchev–Trinajstić information content (AvgIpc) is 3.01. The highest BCUT2D eigenvalue weighted by Gasteiger charge is 2.34. The van der Waals surface area contributed by atoms with Gasteiger partial charge in [0.1, 0.15) is 11.4 Å². The third kappa shape index (κ3) is 4.87. The lowest BCUT2D eigenvalue weighted by Gasteiger charge is -2.26. The molecule has 5 heteroatoms. The van der Waals surface area contributed by atoms with Gasteiger partial charge in [0, 0.05) is 25.6 Å². The molecule has 0 radical (unpaired) electrons. The molecule has 134 valence electrons. The molecule has 0 aliphatic carbocycles. The number of nitrogens with one attached hydrogen (secondary N) is 1. The van der Waals surface area contributed by atoms with Crippen molar-refractivity contribution in [1.29, 1.82) is 0 Å². The lowest BCUT2D eigenvalue weighted by atomic mass is 9.85. The number of ether oxygens (including phenoxy) is 2. The predicted molar refractivity (Wildman–Crippen MR) is 95.6 cm³/mol. The molecule has 2 atom stereocenters. The van der Waals surface area contributed by atoms with Gasteiger partial charge in [-0.2, -0.15) is 0 Å². The van der Waals surface area contributed by atoms with E-state index in [1.54, 1.807) is 7.11 Å². The first-order valence-electron chi connectivity index (χ1n) is 8.60. The van der Waals surface area contributed by atoms with Crippen LogP contribution in [0.25, 0.3) is 0 Å². The summed E-state index contributed by atoms with van der Waals surface area (Å²) in [5, 5.41) is 3.29. The zero-order valence-corrected chi connectivity index (χ0v) is 15.5. The number of methoxy groups -OCH3 is 1. The van der Waals surface area contributed by atoms with Gasteiger partial charge in [-0.05, 0) is 57.9 Å². The second-order valence-electron chi connectivity index (χ2n) is 7.41. The number of likely N-dealkylation sites (tertiary alicyclic amines) is 1. The van der Waals surface area contributed by atoms with Gasteiger partial charge in [-0.3, -0.25) is 0 Å². The van der Waals surface area contributed by atoms with E-state index in [1.165, 1.54) is 5.56 Å². The molecule has 1 amide bonds. The number of benzene rings is 1. The van der Waals surface area contributed by atoms with Gasteiger partial charge in [0.2, 0.25) is 0 Å². The molecule has 24 heavy (non-hydrogen) atoms. The molecule has 0 spiro atoms. The van der Waals surface area contributed by atoms with E-state index in [0.717, 1.165) is 31.8 Å². The van der Waals surface area contributed by atoms with Crippen molar-refractivity contribution in [3.05, 3.63) is 29.8 Å². The first kappa shape index (κ1) is 18.6. The molecule has 1 aromatic rings. The van der Waals surface area contributed by atoms with Crippen LogP contribution in [-0.4, -0.2) is 50.4 Å². The molecular formula is C19H30N2O3. The summed E-state index contributed by atoms with van der Waals surface area (Å²) in [4.78, 5) is 14.1. The van der Waals surface area contributed by atoms with Crippen molar-refractivity contribution < 1.29 is 14.3 Å². The molecule has 2 rings (SSSR count). The third-order valence-corrected chi connectivity index (χ3v) is 4.41. The zero-order valence-electron chi connectivity index (χ0n) is 15.5. The molecule has 1 fully saturated rings. The number of carbonyl (C=O) groups excluding carboxylic acids is 1. The monoisotopic (exact) mass is 334 g/mol. The summed E-state index contributed by atoms with van der Waals surface area (Å²) >= 11 is 0. The number of rotatable bonds is 5. The Balaban J connectivity index is 2.05. The number of hydrogen-bond donors (Lipinski definition) is 1. The number of nitrogens with zero attached hydrogens (tertiary/aromatic N) is 1. The minimum atomic E-state index is -0.449. The van der Waals surface area contributed by atoms with Gasteiger partial charge in [-0.15, -0.1) is 0 Å². The fraction of sp³-hybridized carbons (Fsp3) is 0.632. The van der Waals surface area contributed by atoms with Crippen LogP contribution < -0.4 is 10.1 Å². The Kier molecular flexibility index (Phi) is 6.10. The standard InChI is InChI=1S/C19H30N2O3/c1-19(2,3)24-18(22)21-11-10-15(13-21)17(12-20-4)14-6-8-16(23-5)9-7-14/h6-9,15,17,20H,10-13H2,1-5H3. The number of hydrogen-bond acceptors (Lipinski definition) is 4. The lowest BCUT2D eigenvalue weighted by Crippen LogP contribution is -2.36. The summed E-state index contributed by atoms with van der Waals surface area (Å²) in [7, 11) is 3.65. The van der Waals surface area contributed by atoms with Crippen LogP contribution in [0.15, 0.2) is 24.3 Å². The van der Waals surface area contributed by atoms with Gasteiger partial charge in [0.05, 0.1) is 7.11 Å². The minimum absolute atomic E-state index is 0.206. The SMILES string of the molecule is CNCC(c1ccc(OC)cc1)C1CCN(C(=O)OC(C)(C)C)C1. The Bertz CT molecular complexity index is 537. The molecule has 1 saturated heterocycles. The molecular weight excluding hydrogens is 304 g/mol. The first-order valence-corrected chi connectivity index (χ1v) is 8.60. The van der Waals surface area contributed by atoms with Crippen LogP contribution in [0.5, 0.6) is 5.75 Å². The van der Waals surface area contributed by atoms with Crippen molar-refractivity contribution in [3.8, 4) is 5.75 Å². The smallest absolute Gasteiger partial charge is 0.410 e. The normalized spacial score (nSPS) is 19.2. The number of amides is 1. The van der Waals surface area contributed by atoms with Crippen molar-refractivity contribution in [2.75, 3.05) is 33.8 Å². The maximum absolute atomic E-state index is 12.3. The molecule has 2 unspecified atom stereocenters. The van der Waals surface area contributed by atoms with Crippen LogP contribution in [0.3, 0.4) is 0 Å². The van der Waals surface area contributed by atoms with E-state index in [4.69, 9.17) is 9.47 Å². The van der Waals surface area contributed by atoms with Crippen LogP contribution in [0.1, 0.15) is 38.7 Å². The molecule has 5 nitrogen and oxygen atoms in total. The van der Waals surface area contributed by atoms with Gasteiger partial charge in [-0.25, -0.2) is 4.79 Å². The average molecular weight is 334 g/mol. The number of carbonyl (C=O) groups is 1. The van der Waals surface area contributed by atoms with E-state index >= 15 is 0 Å². The number of likely N-dealkylation sites (N-methyl/N-ethyl adjacent to an activating group) is 1. The fourth-order valence-electron chi connectivity index (χ4n) is 3.24. The largest absolute Gasteiger partial charge is 0.497 e. The Morgan fingerprint density at radius 3 is 2.54 bits per heavy atom. The Hall–Kier alpha value is -1.75. The molecule has 1 aromatic carbocycles. The molecule has 0 aromatic heterocycles. The van der Waals surface area contributed by atoms with E-state index in [9.17, 15) is 4.79 Å². The summed E-state index contributed by atoms with van der Waals surface area (Å²) in [5.41, 5.74) is 0.830. The predicted octanol–water partition coefficient (Wildman–Crippen LogP) is 3.26. The topological polar surface area (TPSA) is 50.8 Å². The van der Waals surface area contributed by atoms with Crippen molar-refractivity contribution in [1.82, 2.24) is 10.2 Å². The maximum Gasteiger partial charge on any atom is 0.410 e. The molecule has 1 N–H and O–H groups in total. The summed E-state index contributed by atoms with van der Waals surface area (Å²) in [5.74, 6) is 1.66. The van der Waals surface area contributed by atoms with E-state index in [0.29, 0.717) is 11.8 Å². The van der Waals surface area contributed by atoms with Gasteiger partial charge in [-0.1, -0.05) is 12.1 Å². The second-order valence-corrected chi connectivity index (χ2v) is 7.41. The quantitative estimate of drug-likeness (QED) is 0.898. The first-order chi connectivity index (χ1) is 11.3. The minimum Gasteiger partial charge on any atom is -0.497 e. The fourth-order valence-corrected chi connectivity index (χ4v) is 3.24. The summed E-state index contributed by atoms with van der Waals surface area (Å²) in [6.07, 6.45) is 0.792. The van der Waals surface area contributed by atoms with Gasteiger partial charge in [0.15, 0.2) is 0 Å². The molecule has 0 bridgehead atoms. The summed E-state index contributed by atoms with van der Waals surface area (Å²) in [6, 6.07) is 8.24. The maximum atomic E-state index is 12.3. The lowest BCUT2D eigenvalue weighted by molar-refractivity contribution is 0.0286. The second kappa shape index (κ2) is 7.88. The van der Waals surface area contributed by atoms with Crippen molar-refractivity contribution >= 4 is 6.09 Å². The Morgan fingerprint density at radius 1 is 1.33 bits per heavy atom. The highest BCUT2D eigenvalue weighted by molar-refractivity contribution is 5.68. The van der Waals surface area contributed by atoms with Crippen molar-refractivity contribution in [3.63, 3.8) is 0 Å². The molecule has 1 aliphatic rings. The highest BCUT2D eigenvalue weighted by Crippen LogP contribution is 2.33. The van der Waals surface area contributed by atoms with Gasteiger partial charge >= 0.3 is 6.09 Å². The van der Waals surface area contributed by atoms with Gasteiger partial charge in [0.25, 0.3) is 0 Å². The zero-order chi connectivity index (χ0) is 17.7. The van der Waals surface area contributed by atoms with Crippen LogP contribution in [0.2, 0.25) is 0 Å².